The van der Waals surface area contributed by atoms with E-state index in [0.29, 0.717) is 19.0 Å². The van der Waals surface area contributed by atoms with Gasteiger partial charge in [-0.3, -0.25) is 9.89 Å². The fraction of sp³-hybridized carbons (Fsp3) is 0.650. The van der Waals surface area contributed by atoms with Crippen LogP contribution < -0.4 is 15.5 Å². The number of ether oxygens (including phenoxy) is 1. The summed E-state index contributed by atoms with van der Waals surface area (Å²) < 4.78 is 33.4. The molecule has 8 heteroatoms. The minimum absolute atomic E-state index is 0.0638. The summed E-state index contributed by atoms with van der Waals surface area (Å²) in [7, 11) is 1.74. The van der Waals surface area contributed by atoms with Crippen LogP contribution in [0, 0.1) is 17.6 Å². The first-order valence-electron chi connectivity index (χ1n) is 10.0. The highest BCUT2D eigenvalue weighted by Gasteiger charge is 2.27. The molecule has 2 heterocycles. The molecule has 2 fully saturated rings. The maximum absolute atomic E-state index is 14.0. The van der Waals surface area contributed by atoms with Crippen molar-refractivity contribution in [1.82, 2.24) is 15.5 Å². The van der Waals surface area contributed by atoms with Gasteiger partial charge >= 0.3 is 0 Å². The lowest BCUT2D eigenvalue weighted by Crippen LogP contribution is -2.47. The first kappa shape index (κ1) is 20.8. The number of halogens is 2. The molecule has 2 atom stereocenters. The third-order valence-electron chi connectivity index (χ3n) is 5.30. The maximum atomic E-state index is 14.0. The number of nitrogens with one attached hydrogen (secondary N) is 2. The molecule has 1 aromatic carbocycles. The molecule has 2 unspecified atom stereocenters. The predicted octanol–water partition coefficient (Wildman–Crippen LogP) is 1.68. The lowest BCUT2D eigenvalue weighted by molar-refractivity contribution is 0.0320. The van der Waals surface area contributed by atoms with Gasteiger partial charge in [0, 0.05) is 52.4 Å². The van der Waals surface area contributed by atoms with Crippen molar-refractivity contribution >= 4 is 11.6 Å². The van der Waals surface area contributed by atoms with Gasteiger partial charge in [0.05, 0.1) is 13.2 Å². The summed E-state index contributed by atoms with van der Waals surface area (Å²) in [6, 6.07) is 4.09. The highest BCUT2D eigenvalue weighted by atomic mass is 19.1. The maximum Gasteiger partial charge on any atom is 0.191 e. The van der Waals surface area contributed by atoms with Crippen molar-refractivity contribution < 1.29 is 13.5 Å². The van der Waals surface area contributed by atoms with E-state index in [-0.39, 0.29) is 11.7 Å². The molecule has 2 aliphatic heterocycles. The second kappa shape index (κ2) is 10.0. The normalized spacial score (nSPS) is 22.4. The van der Waals surface area contributed by atoms with Gasteiger partial charge in [0.1, 0.15) is 17.3 Å². The molecular formula is C20H31F2N5O. The average molecular weight is 395 g/mol. The molecule has 0 spiro atoms. The van der Waals surface area contributed by atoms with Gasteiger partial charge in [-0.25, -0.2) is 8.78 Å². The standard InChI is InChI=1S/C20H31F2N5O/c1-15(13-26-8-10-28-11-9-26)12-24-20(23-2)25-16-6-7-27(14-16)19-17(21)4-3-5-18(19)22/h3-5,15-16H,6-14H2,1-2H3,(H2,23,24,25). The molecule has 2 saturated heterocycles. The van der Waals surface area contributed by atoms with E-state index < -0.39 is 11.6 Å². The Balaban J connectivity index is 1.45. The number of hydrogen-bond donors (Lipinski definition) is 2. The molecule has 156 valence electrons. The van der Waals surface area contributed by atoms with E-state index in [1.165, 1.54) is 18.2 Å². The zero-order valence-corrected chi connectivity index (χ0v) is 16.8. The Bertz CT molecular complexity index is 646. The van der Waals surface area contributed by atoms with E-state index in [1.54, 1.807) is 11.9 Å². The minimum Gasteiger partial charge on any atom is -0.379 e. The third kappa shape index (κ3) is 5.54. The molecule has 1 aromatic rings. The molecule has 0 aliphatic carbocycles. The van der Waals surface area contributed by atoms with Crippen molar-refractivity contribution in [2.75, 3.05) is 64.4 Å². The fourth-order valence-electron chi connectivity index (χ4n) is 3.82. The monoisotopic (exact) mass is 395 g/mol. The van der Waals surface area contributed by atoms with Crippen LogP contribution in [0.2, 0.25) is 0 Å². The van der Waals surface area contributed by atoms with Crippen LogP contribution in [-0.2, 0) is 4.74 Å². The largest absolute Gasteiger partial charge is 0.379 e. The van der Waals surface area contributed by atoms with Crippen LogP contribution in [0.15, 0.2) is 23.2 Å². The van der Waals surface area contributed by atoms with Crippen molar-refractivity contribution in [2.24, 2.45) is 10.9 Å². The molecule has 0 amide bonds. The number of nitrogens with zero attached hydrogens (tertiary/aromatic N) is 3. The topological polar surface area (TPSA) is 52.1 Å². The van der Waals surface area contributed by atoms with Gasteiger partial charge in [0.2, 0.25) is 0 Å². The second-order valence-electron chi connectivity index (χ2n) is 7.62. The molecule has 0 radical (unpaired) electrons. The number of morpholine rings is 1. The minimum atomic E-state index is -0.514. The zero-order chi connectivity index (χ0) is 19.9. The highest BCUT2D eigenvalue weighted by Crippen LogP contribution is 2.26. The second-order valence-corrected chi connectivity index (χ2v) is 7.62. The molecular weight excluding hydrogens is 364 g/mol. The highest BCUT2D eigenvalue weighted by molar-refractivity contribution is 5.80. The summed E-state index contributed by atoms with van der Waals surface area (Å²) in [6.45, 7) is 8.81. The van der Waals surface area contributed by atoms with Crippen LogP contribution in [0.4, 0.5) is 14.5 Å². The predicted molar refractivity (Wildman–Crippen MR) is 108 cm³/mol. The Morgan fingerprint density at radius 3 is 2.64 bits per heavy atom. The molecule has 28 heavy (non-hydrogen) atoms. The lowest BCUT2D eigenvalue weighted by Gasteiger charge is -2.29. The zero-order valence-electron chi connectivity index (χ0n) is 16.8. The van der Waals surface area contributed by atoms with Crippen molar-refractivity contribution in [1.29, 1.82) is 0 Å². The summed E-state index contributed by atoms with van der Waals surface area (Å²) in [4.78, 5) is 8.48. The van der Waals surface area contributed by atoms with Crippen LogP contribution in [0.1, 0.15) is 13.3 Å². The van der Waals surface area contributed by atoms with Gasteiger partial charge in [0.15, 0.2) is 5.96 Å². The number of benzene rings is 1. The first-order valence-corrected chi connectivity index (χ1v) is 10.0. The molecule has 2 aliphatic rings. The summed E-state index contributed by atoms with van der Waals surface area (Å²) in [5.74, 6) is 0.180. The average Bonchev–Trinajstić information content (AvgIpc) is 3.14. The smallest absolute Gasteiger partial charge is 0.191 e. The van der Waals surface area contributed by atoms with Crippen LogP contribution in [0.3, 0.4) is 0 Å². The molecule has 6 nitrogen and oxygen atoms in total. The van der Waals surface area contributed by atoms with Crippen molar-refractivity contribution in [2.45, 2.75) is 19.4 Å². The van der Waals surface area contributed by atoms with E-state index >= 15 is 0 Å². The van der Waals surface area contributed by atoms with E-state index in [9.17, 15) is 8.78 Å². The summed E-state index contributed by atoms with van der Waals surface area (Å²) in [5, 5.41) is 6.76. The van der Waals surface area contributed by atoms with Crippen LogP contribution in [0.25, 0.3) is 0 Å². The van der Waals surface area contributed by atoms with Gasteiger partial charge in [-0.15, -0.1) is 0 Å². The van der Waals surface area contributed by atoms with Gasteiger partial charge in [0.25, 0.3) is 0 Å². The number of hydrogen-bond acceptors (Lipinski definition) is 4. The van der Waals surface area contributed by atoms with Gasteiger partial charge in [-0.05, 0) is 24.5 Å². The number of aliphatic imine (C=N–C) groups is 1. The van der Waals surface area contributed by atoms with E-state index in [2.05, 4.69) is 27.4 Å². The Morgan fingerprint density at radius 2 is 1.96 bits per heavy atom. The number of para-hydroxylation sites is 1. The Labute approximate surface area is 165 Å². The van der Waals surface area contributed by atoms with E-state index in [4.69, 9.17) is 4.74 Å². The number of guanidine groups is 1. The van der Waals surface area contributed by atoms with Crippen LogP contribution >= 0.6 is 0 Å². The summed E-state index contributed by atoms with van der Waals surface area (Å²) >= 11 is 0. The fourth-order valence-corrected chi connectivity index (χ4v) is 3.82. The van der Waals surface area contributed by atoms with E-state index in [0.717, 1.165) is 51.8 Å². The van der Waals surface area contributed by atoms with Gasteiger partial charge in [-0.2, -0.15) is 0 Å². The third-order valence-corrected chi connectivity index (χ3v) is 5.30. The molecule has 0 saturated carbocycles. The van der Waals surface area contributed by atoms with Crippen LogP contribution in [0.5, 0.6) is 0 Å². The van der Waals surface area contributed by atoms with Crippen molar-refractivity contribution in [3.05, 3.63) is 29.8 Å². The Kier molecular flexibility index (Phi) is 7.44. The van der Waals surface area contributed by atoms with Crippen LogP contribution in [-0.4, -0.2) is 76.4 Å². The number of anilines is 1. The molecule has 3 rings (SSSR count). The molecule has 0 bridgehead atoms. The van der Waals surface area contributed by atoms with Gasteiger partial charge in [-0.1, -0.05) is 13.0 Å². The van der Waals surface area contributed by atoms with Crippen molar-refractivity contribution in [3.63, 3.8) is 0 Å². The van der Waals surface area contributed by atoms with Gasteiger partial charge < -0.3 is 20.3 Å². The molecule has 2 N–H and O–H groups in total. The Morgan fingerprint density at radius 1 is 1.25 bits per heavy atom. The Hall–Kier alpha value is -1.93. The number of rotatable bonds is 6. The van der Waals surface area contributed by atoms with Crippen molar-refractivity contribution in [3.8, 4) is 0 Å². The summed E-state index contributed by atoms with van der Waals surface area (Å²) in [6.07, 6.45) is 0.803. The molecule has 0 aromatic heterocycles. The van der Waals surface area contributed by atoms with E-state index in [1.807, 2.05) is 0 Å². The quantitative estimate of drug-likeness (QED) is 0.567. The lowest BCUT2D eigenvalue weighted by atomic mass is 10.1. The SMILES string of the molecule is CN=C(NCC(C)CN1CCOCC1)NC1CCN(c2c(F)cccc2F)C1. The summed E-state index contributed by atoms with van der Waals surface area (Å²) in [5.41, 5.74) is 0.0638. The first-order chi connectivity index (χ1) is 13.6.